The van der Waals surface area contributed by atoms with Gasteiger partial charge in [-0.25, -0.2) is 8.42 Å². The highest BCUT2D eigenvalue weighted by Crippen LogP contribution is 2.36. The molecule has 0 amide bonds. The summed E-state index contributed by atoms with van der Waals surface area (Å²) in [5, 5.41) is 6.75. The third-order valence-electron chi connectivity index (χ3n) is 4.13. The molecule has 0 spiro atoms. The smallest absolute Gasteiger partial charge is 0.262 e. The van der Waals surface area contributed by atoms with Gasteiger partial charge in [0.25, 0.3) is 10.0 Å². The summed E-state index contributed by atoms with van der Waals surface area (Å²) < 4.78 is 26.9. The highest BCUT2D eigenvalue weighted by atomic mass is 35.5. The van der Waals surface area contributed by atoms with Gasteiger partial charge in [0, 0.05) is 24.3 Å². The number of sulfonamides is 1. The molecule has 0 bridgehead atoms. The lowest BCUT2D eigenvalue weighted by atomic mass is 9.80. The van der Waals surface area contributed by atoms with Crippen LogP contribution in [-0.2, 0) is 15.9 Å². The van der Waals surface area contributed by atoms with E-state index in [2.05, 4.69) is 31.0 Å². The number of alkyl halides is 1. The minimum atomic E-state index is -3.55. The quantitative estimate of drug-likeness (QED) is 0.871. The molecule has 0 aliphatic carbocycles. The monoisotopic (exact) mass is 319 g/mol. The van der Waals surface area contributed by atoms with E-state index in [4.69, 9.17) is 11.6 Å². The minimum Gasteiger partial charge on any atom is -0.281 e. The summed E-state index contributed by atoms with van der Waals surface area (Å²) in [5.74, 6) is 0.518. The number of aromatic nitrogens is 2. The van der Waals surface area contributed by atoms with E-state index in [1.54, 1.807) is 6.92 Å². The van der Waals surface area contributed by atoms with Crippen LogP contribution in [0.1, 0.15) is 38.4 Å². The largest absolute Gasteiger partial charge is 0.281 e. The van der Waals surface area contributed by atoms with Gasteiger partial charge in [-0.05, 0) is 24.7 Å². The Bertz CT molecular complexity index is 589. The molecule has 7 heteroatoms. The molecule has 1 N–H and O–H groups in total. The van der Waals surface area contributed by atoms with E-state index in [-0.39, 0.29) is 16.3 Å². The van der Waals surface area contributed by atoms with E-state index in [9.17, 15) is 8.42 Å². The number of hydrogen-bond acceptors (Lipinski definition) is 3. The Morgan fingerprint density at radius 1 is 1.45 bits per heavy atom. The molecule has 20 heavy (non-hydrogen) atoms. The first-order valence-corrected chi connectivity index (χ1v) is 8.75. The van der Waals surface area contributed by atoms with Crippen molar-refractivity contribution < 1.29 is 8.42 Å². The highest BCUT2D eigenvalue weighted by molar-refractivity contribution is 7.89. The highest BCUT2D eigenvalue weighted by Gasteiger charge is 2.39. The summed E-state index contributed by atoms with van der Waals surface area (Å²) in [6.45, 7) is 9.34. The van der Waals surface area contributed by atoms with Crippen LogP contribution < -0.4 is 0 Å². The fourth-order valence-electron chi connectivity index (χ4n) is 2.58. The summed E-state index contributed by atoms with van der Waals surface area (Å²) >= 11 is 5.85. The maximum absolute atomic E-state index is 12.7. The number of H-pyrrole nitrogens is 1. The van der Waals surface area contributed by atoms with Crippen LogP contribution in [0.25, 0.3) is 0 Å². The molecule has 5 nitrogen and oxygen atoms in total. The van der Waals surface area contributed by atoms with E-state index in [0.717, 1.165) is 6.42 Å². The van der Waals surface area contributed by atoms with Gasteiger partial charge in [0.1, 0.15) is 0 Å². The lowest BCUT2D eigenvalue weighted by Gasteiger charge is -2.26. The molecule has 0 saturated carbocycles. The fraction of sp³-hybridized carbons (Fsp3) is 0.769. The molecule has 2 heterocycles. The Balaban J connectivity index is 2.29. The zero-order valence-electron chi connectivity index (χ0n) is 12.4. The lowest BCUT2D eigenvalue weighted by Crippen LogP contribution is -2.32. The topological polar surface area (TPSA) is 66.1 Å². The first kappa shape index (κ1) is 15.8. The van der Waals surface area contributed by atoms with Crippen LogP contribution in [0.15, 0.2) is 5.03 Å². The van der Waals surface area contributed by atoms with Crippen molar-refractivity contribution in [3.05, 3.63) is 11.3 Å². The van der Waals surface area contributed by atoms with Crippen molar-refractivity contribution in [2.75, 3.05) is 13.1 Å². The van der Waals surface area contributed by atoms with Crippen molar-refractivity contribution >= 4 is 21.6 Å². The normalized spacial score (nSPS) is 21.6. The molecular formula is C13H22ClN3O2S. The lowest BCUT2D eigenvalue weighted by molar-refractivity contribution is 0.252. The number of nitrogens with one attached hydrogen (secondary N) is 1. The Kier molecular flexibility index (Phi) is 4.19. The number of halogens is 1. The summed E-state index contributed by atoms with van der Waals surface area (Å²) in [4.78, 5) is 0. The van der Waals surface area contributed by atoms with Crippen LogP contribution in [0.5, 0.6) is 0 Å². The van der Waals surface area contributed by atoms with Crippen LogP contribution in [0.2, 0.25) is 0 Å². The molecule has 0 radical (unpaired) electrons. The zero-order valence-corrected chi connectivity index (χ0v) is 14.0. The minimum absolute atomic E-state index is 0.0829. The maximum atomic E-state index is 12.7. The summed E-state index contributed by atoms with van der Waals surface area (Å²) in [6.07, 6.45) is 0.891. The number of hydrogen-bond donors (Lipinski definition) is 1. The van der Waals surface area contributed by atoms with Crippen LogP contribution in [-0.4, -0.2) is 36.0 Å². The molecule has 1 unspecified atom stereocenters. The number of aryl methyl sites for hydroxylation is 1. The first-order valence-electron chi connectivity index (χ1n) is 6.78. The van der Waals surface area contributed by atoms with E-state index in [1.807, 2.05) is 0 Å². The molecule has 2 rings (SSSR count). The second kappa shape index (κ2) is 5.31. The Labute approximate surface area is 125 Å². The van der Waals surface area contributed by atoms with Gasteiger partial charge in [0.05, 0.1) is 5.88 Å². The van der Waals surface area contributed by atoms with E-state index in [1.165, 1.54) is 4.31 Å². The Morgan fingerprint density at radius 2 is 2.10 bits per heavy atom. The molecule has 1 aromatic heterocycles. The number of nitrogens with zero attached hydrogens (tertiary/aromatic N) is 2. The summed E-state index contributed by atoms with van der Waals surface area (Å²) in [5.41, 5.74) is 1.40. The maximum Gasteiger partial charge on any atom is 0.262 e. The molecule has 1 atom stereocenters. The van der Waals surface area contributed by atoms with Gasteiger partial charge in [0.15, 0.2) is 5.03 Å². The molecule has 1 saturated heterocycles. The van der Waals surface area contributed by atoms with Crippen molar-refractivity contribution in [2.45, 2.75) is 45.0 Å². The second-order valence-corrected chi connectivity index (χ2v) is 8.60. The third kappa shape index (κ3) is 2.73. The Morgan fingerprint density at radius 3 is 2.60 bits per heavy atom. The van der Waals surface area contributed by atoms with Gasteiger partial charge < -0.3 is 0 Å². The van der Waals surface area contributed by atoms with Crippen molar-refractivity contribution in [1.29, 1.82) is 0 Å². The van der Waals surface area contributed by atoms with E-state index >= 15 is 0 Å². The van der Waals surface area contributed by atoms with Gasteiger partial charge >= 0.3 is 0 Å². The van der Waals surface area contributed by atoms with Gasteiger partial charge in [-0.2, -0.15) is 9.40 Å². The molecular weight excluding hydrogens is 298 g/mol. The predicted octanol–water partition coefficient (Wildman–Crippen LogP) is 2.51. The van der Waals surface area contributed by atoms with Crippen molar-refractivity contribution in [2.24, 2.45) is 11.3 Å². The van der Waals surface area contributed by atoms with Gasteiger partial charge in [-0.15, -0.1) is 11.6 Å². The van der Waals surface area contributed by atoms with Crippen LogP contribution in [0.3, 0.4) is 0 Å². The summed E-state index contributed by atoms with van der Waals surface area (Å²) in [6, 6.07) is 0. The van der Waals surface area contributed by atoms with Crippen LogP contribution in [0.4, 0.5) is 0 Å². The average molecular weight is 320 g/mol. The first-order chi connectivity index (χ1) is 9.17. The average Bonchev–Trinajstić information content (AvgIpc) is 2.94. The fourth-order valence-corrected chi connectivity index (χ4v) is 4.65. The van der Waals surface area contributed by atoms with Crippen molar-refractivity contribution in [3.8, 4) is 0 Å². The molecule has 0 aromatic carbocycles. The number of aromatic amines is 1. The van der Waals surface area contributed by atoms with Crippen LogP contribution in [0, 0.1) is 18.3 Å². The molecule has 1 aromatic rings. The van der Waals surface area contributed by atoms with Crippen LogP contribution >= 0.6 is 11.6 Å². The molecule has 1 aliphatic rings. The second-order valence-electron chi connectivity index (χ2n) is 6.48. The zero-order chi connectivity index (χ0) is 15.1. The molecule has 114 valence electrons. The summed E-state index contributed by atoms with van der Waals surface area (Å²) in [7, 11) is -3.55. The van der Waals surface area contributed by atoms with E-state index < -0.39 is 10.0 Å². The third-order valence-corrected chi connectivity index (χ3v) is 6.23. The number of rotatable bonds is 3. The standard InChI is InChI=1S/C13H22ClN3O2S/c1-9-11(7-14)12(16-15-9)20(18,19)17-6-5-10(8-17)13(2,3)4/h10H,5-8H2,1-4H3,(H,15,16). The van der Waals surface area contributed by atoms with Gasteiger partial charge in [0.2, 0.25) is 0 Å². The molecule has 1 fully saturated rings. The predicted molar refractivity (Wildman–Crippen MR) is 79.2 cm³/mol. The molecule has 1 aliphatic heterocycles. The van der Waals surface area contributed by atoms with Crippen molar-refractivity contribution in [1.82, 2.24) is 14.5 Å². The SMILES string of the molecule is Cc1[nH]nc(S(=O)(=O)N2CCC(C(C)(C)C)C2)c1CCl. The van der Waals surface area contributed by atoms with Gasteiger partial charge in [-0.1, -0.05) is 20.8 Å². The Hall–Kier alpha value is -0.590. The van der Waals surface area contributed by atoms with Gasteiger partial charge in [-0.3, -0.25) is 5.10 Å². The van der Waals surface area contributed by atoms with Crippen molar-refractivity contribution in [3.63, 3.8) is 0 Å². The van der Waals surface area contributed by atoms with E-state index in [0.29, 0.717) is 30.3 Å².